The van der Waals surface area contributed by atoms with E-state index in [1.54, 1.807) is 0 Å². The summed E-state index contributed by atoms with van der Waals surface area (Å²) >= 11 is 4.40. The molecule has 1 atom stereocenters. The van der Waals surface area contributed by atoms with E-state index in [2.05, 4.69) is 26.5 Å². The molecule has 16 heavy (non-hydrogen) atoms. The Labute approximate surface area is 106 Å². The molecule has 0 aromatic heterocycles. The first kappa shape index (κ1) is 15.8. The Bertz CT molecular complexity index is 202. The van der Waals surface area contributed by atoms with Crippen LogP contribution in [0.4, 0.5) is 0 Å². The first-order valence-electron chi connectivity index (χ1n) is 6.44. The Balaban J connectivity index is 4.42. The normalized spacial score (nSPS) is 13.2. The van der Waals surface area contributed by atoms with Crippen LogP contribution in [-0.2, 0) is 4.79 Å². The Morgan fingerprint density at radius 1 is 1.19 bits per heavy atom. The van der Waals surface area contributed by atoms with E-state index in [9.17, 15) is 4.79 Å². The van der Waals surface area contributed by atoms with Crippen LogP contribution in [0.3, 0.4) is 0 Å². The van der Waals surface area contributed by atoms with Crippen molar-refractivity contribution in [3.05, 3.63) is 0 Å². The van der Waals surface area contributed by atoms with Crippen molar-refractivity contribution >= 4 is 18.5 Å². The van der Waals surface area contributed by atoms with Gasteiger partial charge in [-0.15, -0.1) is 0 Å². The van der Waals surface area contributed by atoms with E-state index < -0.39 is 0 Å². The SMILES string of the molecule is CCC(CC)CN(CC)C(=O)C(S)C(C)C. The first-order chi connectivity index (χ1) is 7.47. The van der Waals surface area contributed by atoms with Gasteiger partial charge in [-0.25, -0.2) is 0 Å². The van der Waals surface area contributed by atoms with Gasteiger partial charge >= 0.3 is 0 Å². The zero-order chi connectivity index (χ0) is 12.7. The van der Waals surface area contributed by atoms with Gasteiger partial charge < -0.3 is 4.90 Å². The molecular weight excluding hydrogens is 218 g/mol. The molecule has 0 N–H and O–H groups in total. The highest BCUT2D eigenvalue weighted by Crippen LogP contribution is 2.16. The van der Waals surface area contributed by atoms with Crippen LogP contribution < -0.4 is 0 Å². The van der Waals surface area contributed by atoms with Gasteiger partial charge in [0.15, 0.2) is 0 Å². The lowest BCUT2D eigenvalue weighted by Gasteiger charge is -2.28. The van der Waals surface area contributed by atoms with Crippen LogP contribution in [-0.4, -0.2) is 29.1 Å². The molecule has 0 aliphatic carbocycles. The summed E-state index contributed by atoms with van der Waals surface area (Å²) < 4.78 is 0. The Morgan fingerprint density at radius 2 is 1.69 bits per heavy atom. The van der Waals surface area contributed by atoms with Gasteiger partial charge in [-0.05, 0) is 18.8 Å². The fourth-order valence-corrected chi connectivity index (χ4v) is 1.87. The molecule has 1 amide bonds. The Hall–Kier alpha value is -0.180. The average Bonchev–Trinajstić information content (AvgIpc) is 2.29. The summed E-state index contributed by atoms with van der Waals surface area (Å²) in [5.74, 6) is 1.11. The zero-order valence-corrected chi connectivity index (χ0v) is 12.3. The lowest BCUT2D eigenvalue weighted by Crippen LogP contribution is -2.41. The van der Waals surface area contributed by atoms with E-state index in [0.29, 0.717) is 11.8 Å². The molecule has 0 saturated heterocycles. The number of rotatable bonds is 7. The molecule has 0 aliphatic heterocycles. The predicted octanol–water partition coefficient (Wildman–Crippen LogP) is 3.23. The monoisotopic (exact) mass is 245 g/mol. The highest BCUT2D eigenvalue weighted by atomic mass is 32.1. The topological polar surface area (TPSA) is 20.3 Å². The Kier molecular flexibility index (Phi) is 7.90. The van der Waals surface area contributed by atoms with Crippen molar-refractivity contribution in [2.75, 3.05) is 13.1 Å². The van der Waals surface area contributed by atoms with Crippen molar-refractivity contribution in [1.29, 1.82) is 0 Å². The summed E-state index contributed by atoms with van der Waals surface area (Å²) in [5, 5.41) is -0.158. The minimum absolute atomic E-state index is 0.158. The maximum atomic E-state index is 12.1. The summed E-state index contributed by atoms with van der Waals surface area (Å²) in [6.45, 7) is 12.2. The van der Waals surface area contributed by atoms with E-state index >= 15 is 0 Å². The average molecular weight is 245 g/mol. The number of carbonyl (C=O) groups is 1. The third-order valence-corrected chi connectivity index (χ3v) is 4.03. The summed E-state index contributed by atoms with van der Waals surface area (Å²) in [4.78, 5) is 14.1. The fraction of sp³-hybridized carbons (Fsp3) is 0.923. The smallest absolute Gasteiger partial charge is 0.235 e. The number of nitrogens with zero attached hydrogens (tertiary/aromatic N) is 1. The van der Waals surface area contributed by atoms with E-state index in [-0.39, 0.29) is 11.2 Å². The molecule has 0 radical (unpaired) electrons. The van der Waals surface area contributed by atoms with Crippen LogP contribution in [0, 0.1) is 11.8 Å². The van der Waals surface area contributed by atoms with Gasteiger partial charge in [-0.2, -0.15) is 12.6 Å². The first-order valence-corrected chi connectivity index (χ1v) is 6.96. The van der Waals surface area contributed by atoms with Crippen LogP contribution in [0.1, 0.15) is 47.5 Å². The molecule has 3 heteroatoms. The minimum Gasteiger partial charge on any atom is -0.342 e. The van der Waals surface area contributed by atoms with Crippen molar-refractivity contribution in [1.82, 2.24) is 4.90 Å². The van der Waals surface area contributed by atoms with Gasteiger partial charge in [0.25, 0.3) is 0 Å². The maximum Gasteiger partial charge on any atom is 0.235 e. The highest BCUT2D eigenvalue weighted by molar-refractivity contribution is 7.81. The number of thiol groups is 1. The standard InChI is InChI=1S/C13H27NOS/c1-6-11(7-2)9-14(8-3)13(15)12(16)10(4)5/h10-12,16H,6-9H2,1-5H3. The molecule has 0 rings (SSSR count). The molecule has 0 aliphatic rings. The van der Waals surface area contributed by atoms with E-state index in [4.69, 9.17) is 0 Å². The maximum absolute atomic E-state index is 12.1. The second kappa shape index (κ2) is 7.99. The molecule has 0 heterocycles. The molecule has 0 fully saturated rings. The Morgan fingerprint density at radius 3 is 2.00 bits per heavy atom. The third kappa shape index (κ3) is 4.77. The quantitative estimate of drug-likeness (QED) is 0.683. The molecule has 0 saturated carbocycles. The highest BCUT2D eigenvalue weighted by Gasteiger charge is 2.24. The van der Waals surface area contributed by atoms with Crippen molar-refractivity contribution in [3.8, 4) is 0 Å². The summed E-state index contributed by atoms with van der Waals surface area (Å²) in [6, 6.07) is 0. The molecule has 0 spiro atoms. The minimum atomic E-state index is -0.158. The molecule has 96 valence electrons. The lowest BCUT2D eigenvalue weighted by molar-refractivity contribution is -0.131. The number of carbonyl (C=O) groups excluding carboxylic acids is 1. The molecule has 2 nitrogen and oxygen atoms in total. The van der Waals surface area contributed by atoms with Crippen LogP contribution >= 0.6 is 12.6 Å². The molecule has 0 aromatic carbocycles. The lowest BCUT2D eigenvalue weighted by atomic mass is 10.0. The van der Waals surface area contributed by atoms with E-state index in [1.165, 1.54) is 0 Å². The number of amides is 1. The summed E-state index contributed by atoms with van der Waals surface area (Å²) in [6.07, 6.45) is 2.28. The molecule has 0 aromatic rings. The van der Waals surface area contributed by atoms with Crippen molar-refractivity contribution in [2.24, 2.45) is 11.8 Å². The van der Waals surface area contributed by atoms with Gasteiger partial charge in [-0.3, -0.25) is 4.79 Å². The van der Waals surface area contributed by atoms with Crippen molar-refractivity contribution in [2.45, 2.75) is 52.7 Å². The largest absolute Gasteiger partial charge is 0.342 e. The number of hydrogen-bond donors (Lipinski definition) is 1. The van der Waals surface area contributed by atoms with Gasteiger partial charge in [0.2, 0.25) is 5.91 Å². The predicted molar refractivity (Wildman–Crippen MR) is 73.9 cm³/mol. The molecule has 0 bridgehead atoms. The van der Waals surface area contributed by atoms with Crippen LogP contribution in [0.15, 0.2) is 0 Å². The molecule has 1 unspecified atom stereocenters. The fourth-order valence-electron chi connectivity index (χ4n) is 1.71. The third-order valence-electron chi connectivity index (χ3n) is 3.21. The van der Waals surface area contributed by atoms with Gasteiger partial charge in [-0.1, -0.05) is 40.5 Å². The van der Waals surface area contributed by atoms with E-state index in [1.807, 2.05) is 25.7 Å². The number of hydrogen-bond acceptors (Lipinski definition) is 2. The second-order valence-electron chi connectivity index (χ2n) is 4.75. The zero-order valence-electron chi connectivity index (χ0n) is 11.4. The summed E-state index contributed by atoms with van der Waals surface area (Å²) in [5.41, 5.74) is 0. The van der Waals surface area contributed by atoms with Crippen LogP contribution in [0.2, 0.25) is 0 Å². The van der Waals surface area contributed by atoms with Gasteiger partial charge in [0.1, 0.15) is 0 Å². The van der Waals surface area contributed by atoms with Crippen LogP contribution in [0.25, 0.3) is 0 Å². The van der Waals surface area contributed by atoms with Gasteiger partial charge in [0, 0.05) is 13.1 Å². The van der Waals surface area contributed by atoms with E-state index in [0.717, 1.165) is 25.9 Å². The second-order valence-corrected chi connectivity index (χ2v) is 5.30. The summed E-state index contributed by atoms with van der Waals surface area (Å²) in [7, 11) is 0. The van der Waals surface area contributed by atoms with Crippen molar-refractivity contribution in [3.63, 3.8) is 0 Å². The van der Waals surface area contributed by atoms with Crippen LogP contribution in [0.5, 0.6) is 0 Å². The van der Waals surface area contributed by atoms with Gasteiger partial charge in [0.05, 0.1) is 5.25 Å². The van der Waals surface area contributed by atoms with Crippen molar-refractivity contribution < 1.29 is 4.79 Å². The molecular formula is C13H27NOS.